The van der Waals surface area contributed by atoms with Crippen LogP contribution in [0.1, 0.15) is 24.9 Å². The molecule has 1 aromatic carbocycles. The van der Waals surface area contributed by atoms with Crippen molar-refractivity contribution in [2.75, 3.05) is 5.75 Å². The number of carbonyl (C=O) groups is 1. The van der Waals surface area contributed by atoms with Gasteiger partial charge in [-0.25, -0.2) is 8.42 Å². The zero-order valence-corrected chi connectivity index (χ0v) is 10.4. The van der Waals surface area contributed by atoms with Crippen molar-refractivity contribution in [2.45, 2.75) is 24.3 Å². The van der Waals surface area contributed by atoms with Gasteiger partial charge in [-0.15, -0.1) is 0 Å². The molecule has 17 heavy (non-hydrogen) atoms. The summed E-state index contributed by atoms with van der Waals surface area (Å²) in [7, 11) is -3.20. The van der Waals surface area contributed by atoms with Gasteiger partial charge in [0.05, 0.1) is 10.6 Å². The van der Waals surface area contributed by atoms with Gasteiger partial charge in [0.2, 0.25) is 5.91 Å². The van der Waals surface area contributed by atoms with E-state index in [1.165, 1.54) is 12.1 Å². The third kappa shape index (κ3) is 3.54. The quantitative estimate of drug-likeness (QED) is 0.793. The summed E-state index contributed by atoms with van der Waals surface area (Å²) in [5.41, 5.74) is 11.5. The second kappa shape index (κ2) is 5.29. The van der Waals surface area contributed by atoms with Gasteiger partial charge in [-0.05, 0) is 17.7 Å². The molecule has 0 aliphatic heterocycles. The normalized spacial score (nSPS) is 13.3. The molecule has 0 saturated carbocycles. The van der Waals surface area contributed by atoms with E-state index in [0.29, 0.717) is 5.56 Å². The summed E-state index contributed by atoms with van der Waals surface area (Å²) in [6, 6.07) is 5.71. The molecule has 0 aliphatic carbocycles. The van der Waals surface area contributed by atoms with E-state index in [0.717, 1.165) is 0 Å². The van der Waals surface area contributed by atoms with E-state index >= 15 is 0 Å². The molecule has 0 heterocycles. The lowest BCUT2D eigenvalue weighted by atomic mass is 10.0. The van der Waals surface area contributed by atoms with Crippen molar-refractivity contribution in [3.05, 3.63) is 29.8 Å². The Morgan fingerprint density at radius 1 is 1.29 bits per heavy atom. The average Bonchev–Trinajstić information content (AvgIpc) is 2.28. The molecule has 6 heteroatoms. The SMILES string of the molecule is CCS(=O)(=O)c1ccc(C(N)CC(N)=O)cc1. The van der Waals surface area contributed by atoms with Gasteiger partial charge in [0.15, 0.2) is 9.84 Å². The van der Waals surface area contributed by atoms with Crippen LogP contribution in [0.15, 0.2) is 29.2 Å². The smallest absolute Gasteiger partial charge is 0.219 e. The zero-order valence-electron chi connectivity index (χ0n) is 9.59. The number of amides is 1. The second-order valence-corrected chi connectivity index (χ2v) is 6.03. The number of hydrogen-bond acceptors (Lipinski definition) is 4. The number of primary amides is 1. The monoisotopic (exact) mass is 256 g/mol. The van der Waals surface area contributed by atoms with E-state index in [2.05, 4.69) is 0 Å². The van der Waals surface area contributed by atoms with Crippen LogP contribution in [0.5, 0.6) is 0 Å². The molecule has 0 aromatic heterocycles. The van der Waals surface area contributed by atoms with Crippen molar-refractivity contribution in [1.82, 2.24) is 0 Å². The highest BCUT2D eigenvalue weighted by Crippen LogP contribution is 2.17. The predicted molar refractivity (Wildman–Crippen MR) is 64.9 cm³/mol. The van der Waals surface area contributed by atoms with Crippen LogP contribution in [0.25, 0.3) is 0 Å². The fourth-order valence-electron chi connectivity index (χ4n) is 1.42. The molecule has 0 saturated heterocycles. The van der Waals surface area contributed by atoms with Crippen molar-refractivity contribution in [1.29, 1.82) is 0 Å². The fourth-order valence-corrected chi connectivity index (χ4v) is 2.31. The van der Waals surface area contributed by atoms with Crippen molar-refractivity contribution < 1.29 is 13.2 Å². The molecule has 1 unspecified atom stereocenters. The molecule has 94 valence electrons. The Balaban J connectivity index is 2.92. The summed E-state index contributed by atoms with van der Waals surface area (Å²) < 4.78 is 23.1. The molecule has 0 spiro atoms. The van der Waals surface area contributed by atoms with Crippen LogP contribution in [0, 0.1) is 0 Å². The topological polar surface area (TPSA) is 103 Å². The Morgan fingerprint density at radius 2 is 1.82 bits per heavy atom. The first-order chi connectivity index (χ1) is 7.86. The maximum absolute atomic E-state index is 11.6. The minimum Gasteiger partial charge on any atom is -0.370 e. The summed E-state index contributed by atoms with van der Waals surface area (Å²) in [6.45, 7) is 1.59. The van der Waals surface area contributed by atoms with Crippen LogP contribution >= 0.6 is 0 Å². The number of sulfone groups is 1. The molecule has 1 amide bonds. The fraction of sp³-hybridized carbons (Fsp3) is 0.364. The Kier molecular flexibility index (Phi) is 4.25. The number of hydrogen-bond donors (Lipinski definition) is 2. The average molecular weight is 256 g/mol. The Labute approximate surface area is 101 Å². The summed E-state index contributed by atoms with van der Waals surface area (Å²) in [6.07, 6.45) is 0.0415. The van der Waals surface area contributed by atoms with E-state index in [-0.39, 0.29) is 17.1 Å². The van der Waals surface area contributed by atoms with Gasteiger partial charge in [-0.3, -0.25) is 4.79 Å². The number of carbonyl (C=O) groups excluding carboxylic acids is 1. The molecule has 1 atom stereocenters. The number of nitrogens with two attached hydrogens (primary N) is 2. The van der Waals surface area contributed by atoms with E-state index in [9.17, 15) is 13.2 Å². The second-order valence-electron chi connectivity index (χ2n) is 3.75. The largest absolute Gasteiger partial charge is 0.370 e. The molecule has 0 aliphatic rings. The first-order valence-corrected chi connectivity index (χ1v) is 6.88. The number of rotatable bonds is 5. The van der Waals surface area contributed by atoms with Gasteiger partial charge >= 0.3 is 0 Å². The summed E-state index contributed by atoms with van der Waals surface area (Å²) in [5, 5.41) is 0. The van der Waals surface area contributed by atoms with Gasteiger partial charge in [0.1, 0.15) is 0 Å². The summed E-state index contributed by atoms with van der Waals surface area (Å²) >= 11 is 0. The van der Waals surface area contributed by atoms with Gasteiger partial charge < -0.3 is 11.5 Å². The van der Waals surface area contributed by atoms with Crippen molar-refractivity contribution in [3.8, 4) is 0 Å². The highest BCUT2D eigenvalue weighted by atomic mass is 32.2. The van der Waals surface area contributed by atoms with Gasteiger partial charge in [0, 0.05) is 12.5 Å². The molecule has 0 bridgehead atoms. The molecule has 0 radical (unpaired) electrons. The molecular formula is C11H16N2O3S. The van der Waals surface area contributed by atoms with Crippen LogP contribution in [0.2, 0.25) is 0 Å². The molecule has 0 fully saturated rings. The minimum atomic E-state index is -3.20. The van der Waals surface area contributed by atoms with Crippen LogP contribution in [-0.2, 0) is 14.6 Å². The van der Waals surface area contributed by atoms with E-state index in [1.54, 1.807) is 19.1 Å². The minimum absolute atomic E-state index is 0.0415. The van der Waals surface area contributed by atoms with Gasteiger partial charge in [-0.1, -0.05) is 19.1 Å². The molecule has 1 rings (SSSR count). The molecule has 1 aromatic rings. The Hall–Kier alpha value is -1.40. The third-order valence-corrected chi connectivity index (χ3v) is 4.22. The Bertz CT molecular complexity index is 494. The van der Waals surface area contributed by atoms with Crippen molar-refractivity contribution in [3.63, 3.8) is 0 Å². The van der Waals surface area contributed by atoms with Crippen LogP contribution in [0.4, 0.5) is 0 Å². The first kappa shape index (κ1) is 13.7. The van der Waals surface area contributed by atoms with Crippen molar-refractivity contribution >= 4 is 15.7 Å². The van der Waals surface area contributed by atoms with E-state index < -0.39 is 21.8 Å². The zero-order chi connectivity index (χ0) is 13.1. The van der Waals surface area contributed by atoms with Gasteiger partial charge in [-0.2, -0.15) is 0 Å². The highest BCUT2D eigenvalue weighted by molar-refractivity contribution is 7.91. The first-order valence-electron chi connectivity index (χ1n) is 5.23. The molecule has 4 N–H and O–H groups in total. The molecular weight excluding hydrogens is 240 g/mol. The summed E-state index contributed by atoms with van der Waals surface area (Å²) in [4.78, 5) is 11.0. The predicted octanol–water partition coefficient (Wildman–Crippen LogP) is 0.355. The van der Waals surface area contributed by atoms with E-state index in [4.69, 9.17) is 11.5 Å². The Morgan fingerprint density at radius 3 is 2.24 bits per heavy atom. The van der Waals surface area contributed by atoms with Crippen molar-refractivity contribution in [2.24, 2.45) is 11.5 Å². The lowest BCUT2D eigenvalue weighted by molar-refractivity contribution is -0.118. The van der Waals surface area contributed by atoms with E-state index in [1.807, 2.05) is 0 Å². The van der Waals surface area contributed by atoms with Crippen LogP contribution in [0.3, 0.4) is 0 Å². The number of benzene rings is 1. The maximum atomic E-state index is 11.6. The van der Waals surface area contributed by atoms with Crippen LogP contribution < -0.4 is 11.5 Å². The highest BCUT2D eigenvalue weighted by Gasteiger charge is 2.13. The molecule has 5 nitrogen and oxygen atoms in total. The standard InChI is InChI=1S/C11H16N2O3S/c1-2-17(15,16)9-5-3-8(4-6-9)10(12)7-11(13)14/h3-6,10H,2,7,12H2,1H3,(H2,13,14). The maximum Gasteiger partial charge on any atom is 0.219 e. The van der Waals surface area contributed by atoms with Gasteiger partial charge in [0.25, 0.3) is 0 Å². The summed E-state index contributed by atoms with van der Waals surface area (Å²) in [5.74, 6) is -0.428. The van der Waals surface area contributed by atoms with Crippen LogP contribution in [-0.4, -0.2) is 20.1 Å². The lowest BCUT2D eigenvalue weighted by Crippen LogP contribution is -2.20. The lowest BCUT2D eigenvalue weighted by Gasteiger charge is -2.10. The third-order valence-electron chi connectivity index (χ3n) is 2.47.